The van der Waals surface area contributed by atoms with E-state index in [-0.39, 0.29) is 18.1 Å². The largest absolute Gasteiger partial charge is 0.493 e. The Kier molecular flexibility index (Phi) is 10.1. The fraction of sp³-hybridized carbons (Fsp3) is 0.441. The Labute approximate surface area is 239 Å². The zero-order valence-corrected chi connectivity index (χ0v) is 23.8. The van der Waals surface area contributed by atoms with Crippen LogP contribution in [0.3, 0.4) is 0 Å². The van der Waals surface area contributed by atoms with Crippen molar-refractivity contribution in [3.63, 3.8) is 0 Å². The maximum absolute atomic E-state index is 13.0. The lowest BCUT2D eigenvalue weighted by Crippen LogP contribution is -2.44. The summed E-state index contributed by atoms with van der Waals surface area (Å²) in [6.45, 7) is 6.16. The van der Waals surface area contributed by atoms with Crippen molar-refractivity contribution in [1.29, 1.82) is 0 Å². The molecule has 0 saturated carbocycles. The maximum Gasteiger partial charge on any atom is 0.251 e. The number of hydrogen-bond donors (Lipinski definition) is 1. The van der Waals surface area contributed by atoms with Gasteiger partial charge in [0.15, 0.2) is 11.5 Å². The molecule has 5 rings (SSSR count). The van der Waals surface area contributed by atoms with Gasteiger partial charge in [0, 0.05) is 44.3 Å². The molecule has 0 bridgehead atoms. The minimum Gasteiger partial charge on any atom is -0.493 e. The third-order valence-corrected chi connectivity index (χ3v) is 8.21. The maximum atomic E-state index is 13.0. The Morgan fingerprint density at radius 2 is 1.45 bits per heavy atom. The van der Waals surface area contributed by atoms with Gasteiger partial charge in [0.1, 0.15) is 6.10 Å². The van der Waals surface area contributed by atoms with Gasteiger partial charge in [-0.2, -0.15) is 0 Å². The van der Waals surface area contributed by atoms with Crippen LogP contribution in [0.4, 0.5) is 0 Å². The van der Waals surface area contributed by atoms with Crippen molar-refractivity contribution in [3.8, 4) is 11.5 Å². The monoisotopic (exact) mass is 541 g/mol. The molecule has 6 heteroatoms. The standard InChI is InChI=1S/C34H43N3O3/c1-39-33-25-29(34(38)35-30-16-21-37(22-17-30)26-28-11-6-3-7-12-28)14-15-32(33)40-31-18-23-36(24-19-31)20-8-13-27-9-4-2-5-10-27/h2-7,9-12,14-15,25,30-31H,8,13,16-24,26H2,1H3,(H,35,38). The quantitative estimate of drug-likeness (QED) is 0.344. The van der Waals surface area contributed by atoms with E-state index in [0.29, 0.717) is 11.3 Å². The molecule has 0 aliphatic carbocycles. The summed E-state index contributed by atoms with van der Waals surface area (Å²) < 4.78 is 12.0. The first-order valence-electron chi connectivity index (χ1n) is 14.8. The normalized spacial score (nSPS) is 17.4. The van der Waals surface area contributed by atoms with Crippen molar-refractivity contribution in [3.05, 3.63) is 95.6 Å². The molecule has 3 aromatic carbocycles. The third-order valence-electron chi connectivity index (χ3n) is 8.21. The highest BCUT2D eigenvalue weighted by molar-refractivity contribution is 5.95. The first-order valence-corrected chi connectivity index (χ1v) is 14.8. The first-order chi connectivity index (χ1) is 19.7. The molecule has 0 unspecified atom stereocenters. The Hall–Kier alpha value is -3.35. The van der Waals surface area contributed by atoms with E-state index in [1.807, 2.05) is 18.2 Å². The average Bonchev–Trinajstić information content (AvgIpc) is 3.00. The van der Waals surface area contributed by atoms with Gasteiger partial charge in [-0.1, -0.05) is 60.7 Å². The molecule has 3 aromatic rings. The molecule has 40 heavy (non-hydrogen) atoms. The number of rotatable bonds is 11. The zero-order chi connectivity index (χ0) is 27.6. The van der Waals surface area contributed by atoms with Crippen molar-refractivity contribution < 1.29 is 14.3 Å². The number of piperidine rings is 2. The van der Waals surface area contributed by atoms with Gasteiger partial charge in [0.25, 0.3) is 5.91 Å². The molecule has 212 valence electrons. The van der Waals surface area contributed by atoms with Gasteiger partial charge in [-0.25, -0.2) is 0 Å². The second-order valence-corrected chi connectivity index (χ2v) is 11.1. The molecule has 0 spiro atoms. The molecule has 2 saturated heterocycles. The molecule has 0 radical (unpaired) electrons. The lowest BCUT2D eigenvalue weighted by Gasteiger charge is -2.32. The highest BCUT2D eigenvalue weighted by Gasteiger charge is 2.24. The molecule has 1 amide bonds. The summed E-state index contributed by atoms with van der Waals surface area (Å²) in [6.07, 6.45) is 6.39. The predicted octanol–water partition coefficient (Wildman–Crippen LogP) is 5.57. The van der Waals surface area contributed by atoms with Crippen LogP contribution in [0.5, 0.6) is 11.5 Å². The van der Waals surface area contributed by atoms with Crippen LogP contribution in [-0.2, 0) is 13.0 Å². The van der Waals surface area contributed by atoms with Crippen molar-refractivity contribution in [2.45, 2.75) is 57.2 Å². The van der Waals surface area contributed by atoms with Gasteiger partial charge in [-0.15, -0.1) is 0 Å². The van der Waals surface area contributed by atoms with Crippen LogP contribution in [0.15, 0.2) is 78.9 Å². The molecule has 2 aliphatic heterocycles. The molecule has 2 heterocycles. The van der Waals surface area contributed by atoms with E-state index < -0.39 is 0 Å². The van der Waals surface area contributed by atoms with Crippen LogP contribution in [0.25, 0.3) is 0 Å². The number of nitrogens with one attached hydrogen (secondary N) is 1. The summed E-state index contributed by atoms with van der Waals surface area (Å²) in [4.78, 5) is 18.0. The number of carbonyl (C=O) groups is 1. The van der Waals surface area contributed by atoms with Crippen molar-refractivity contribution in [2.75, 3.05) is 39.8 Å². The molecule has 2 fully saturated rings. The Bertz CT molecular complexity index is 1190. The topological polar surface area (TPSA) is 54.0 Å². The number of hydrogen-bond acceptors (Lipinski definition) is 5. The number of benzene rings is 3. The number of amides is 1. The predicted molar refractivity (Wildman–Crippen MR) is 160 cm³/mol. The minimum atomic E-state index is -0.0461. The molecule has 1 N–H and O–H groups in total. The van der Waals surface area contributed by atoms with E-state index in [4.69, 9.17) is 9.47 Å². The average molecular weight is 542 g/mol. The van der Waals surface area contributed by atoms with Crippen LogP contribution in [0.1, 0.15) is 53.6 Å². The van der Waals surface area contributed by atoms with Gasteiger partial charge in [0.2, 0.25) is 0 Å². The van der Waals surface area contributed by atoms with Gasteiger partial charge in [-0.05, 0) is 74.4 Å². The van der Waals surface area contributed by atoms with Gasteiger partial charge < -0.3 is 19.7 Å². The minimum absolute atomic E-state index is 0.0461. The number of aryl methyl sites for hydroxylation is 1. The fourth-order valence-electron chi connectivity index (χ4n) is 5.83. The van der Waals surface area contributed by atoms with Crippen LogP contribution in [0.2, 0.25) is 0 Å². The number of carbonyl (C=O) groups excluding carboxylic acids is 1. The Morgan fingerprint density at radius 3 is 2.12 bits per heavy atom. The van der Waals surface area contributed by atoms with E-state index in [9.17, 15) is 4.79 Å². The van der Waals surface area contributed by atoms with Gasteiger partial charge in [-0.3, -0.25) is 9.69 Å². The smallest absolute Gasteiger partial charge is 0.251 e. The summed E-state index contributed by atoms with van der Waals surface area (Å²) in [6, 6.07) is 27.0. The van der Waals surface area contributed by atoms with Crippen molar-refractivity contribution in [1.82, 2.24) is 15.1 Å². The van der Waals surface area contributed by atoms with Crippen LogP contribution in [-0.4, -0.2) is 67.7 Å². The fourth-order valence-corrected chi connectivity index (χ4v) is 5.83. The van der Waals surface area contributed by atoms with Crippen molar-refractivity contribution in [2.24, 2.45) is 0 Å². The van der Waals surface area contributed by atoms with E-state index >= 15 is 0 Å². The lowest BCUT2D eigenvalue weighted by atomic mass is 10.0. The lowest BCUT2D eigenvalue weighted by molar-refractivity contribution is 0.0907. The Balaban J connectivity index is 1.05. The first kappa shape index (κ1) is 28.2. The second-order valence-electron chi connectivity index (χ2n) is 11.1. The molecule has 0 atom stereocenters. The molecular formula is C34H43N3O3. The third kappa shape index (κ3) is 8.09. The molecule has 0 aromatic heterocycles. The van der Waals surface area contributed by atoms with E-state index in [1.165, 1.54) is 17.5 Å². The summed E-state index contributed by atoms with van der Waals surface area (Å²) in [5.74, 6) is 1.29. The molecular weight excluding hydrogens is 498 g/mol. The summed E-state index contributed by atoms with van der Waals surface area (Å²) in [5.41, 5.74) is 3.36. The van der Waals surface area contributed by atoms with E-state index in [0.717, 1.165) is 77.1 Å². The van der Waals surface area contributed by atoms with Gasteiger partial charge in [0.05, 0.1) is 7.11 Å². The van der Waals surface area contributed by atoms with Gasteiger partial charge >= 0.3 is 0 Å². The number of ether oxygens (including phenoxy) is 2. The zero-order valence-electron chi connectivity index (χ0n) is 23.8. The molecule has 6 nitrogen and oxygen atoms in total. The summed E-state index contributed by atoms with van der Waals surface area (Å²) in [5, 5.41) is 3.24. The number of methoxy groups -OCH3 is 1. The van der Waals surface area contributed by atoms with E-state index in [1.54, 1.807) is 7.11 Å². The second kappa shape index (κ2) is 14.3. The summed E-state index contributed by atoms with van der Waals surface area (Å²) in [7, 11) is 1.64. The van der Waals surface area contributed by atoms with Crippen LogP contribution < -0.4 is 14.8 Å². The SMILES string of the molecule is COc1cc(C(=O)NC2CCN(Cc3ccccc3)CC2)ccc1OC1CCN(CCCc2ccccc2)CC1. The number of nitrogens with zero attached hydrogens (tertiary/aromatic N) is 2. The summed E-state index contributed by atoms with van der Waals surface area (Å²) >= 11 is 0. The Morgan fingerprint density at radius 1 is 0.800 bits per heavy atom. The highest BCUT2D eigenvalue weighted by Crippen LogP contribution is 2.31. The van der Waals surface area contributed by atoms with Crippen LogP contribution >= 0.6 is 0 Å². The van der Waals surface area contributed by atoms with E-state index in [2.05, 4.69) is 75.8 Å². The van der Waals surface area contributed by atoms with Crippen molar-refractivity contribution >= 4 is 5.91 Å². The van der Waals surface area contributed by atoms with Crippen LogP contribution in [0, 0.1) is 0 Å². The molecule has 2 aliphatic rings. The highest BCUT2D eigenvalue weighted by atomic mass is 16.5. The number of likely N-dealkylation sites (tertiary alicyclic amines) is 2.